The Labute approximate surface area is 118 Å². The second-order valence-electron chi connectivity index (χ2n) is 5.45. The fraction of sp³-hybridized carbons (Fsp3) is 0.909. The van der Waals surface area contributed by atoms with Crippen molar-refractivity contribution in [3.05, 3.63) is 0 Å². The quantitative estimate of drug-likeness (QED) is 0.708. The summed E-state index contributed by atoms with van der Waals surface area (Å²) in [5.74, 6) is 0.788. The lowest BCUT2D eigenvalue weighted by molar-refractivity contribution is -0.135. The van der Waals surface area contributed by atoms with Crippen molar-refractivity contribution in [1.82, 2.24) is 9.21 Å². The molecule has 1 spiro atoms. The minimum Gasteiger partial charge on any atom is -0.367 e. The number of ether oxygens (including phenoxy) is 1. The Balaban J connectivity index is 1.78. The minimum absolute atomic E-state index is 0.00884. The van der Waals surface area contributed by atoms with Gasteiger partial charge in [0.05, 0.1) is 12.4 Å². The molecule has 2 heterocycles. The number of amides is 1. The van der Waals surface area contributed by atoms with Crippen LogP contribution in [0.4, 0.5) is 0 Å². The van der Waals surface area contributed by atoms with Gasteiger partial charge in [0.1, 0.15) is 6.61 Å². The maximum atomic E-state index is 11.4. The highest BCUT2D eigenvalue weighted by molar-refractivity contribution is 8.01. The Bertz CT molecular complexity index is 457. The van der Waals surface area contributed by atoms with Gasteiger partial charge in [-0.3, -0.25) is 4.79 Å². The molecule has 2 fully saturated rings. The van der Waals surface area contributed by atoms with Crippen molar-refractivity contribution in [2.75, 3.05) is 45.8 Å². The van der Waals surface area contributed by atoms with Crippen LogP contribution in [-0.2, 0) is 19.6 Å². The maximum absolute atomic E-state index is 11.4. The summed E-state index contributed by atoms with van der Waals surface area (Å²) in [6, 6.07) is 0. The molecule has 2 aliphatic rings. The van der Waals surface area contributed by atoms with Gasteiger partial charge in [0.25, 0.3) is 0 Å². The lowest BCUT2D eigenvalue weighted by Gasteiger charge is -2.45. The highest BCUT2D eigenvalue weighted by Crippen LogP contribution is 2.46. The first kappa shape index (κ1) is 15.1. The highest BCUT2D eigenvalue weighted by atomic mass is 32.2. The SMILES string of the molecule is CN(C)C(=O)CO[C@@H]1CSC2(C1)CN(S(C)(=O)=O)C2. The second-order valence-corrected chi connectivity index (χ2v) is 8.92. The smallest absolute Gasteiger partial charge is 0.248 e. The summed E-state index contributed by atoms with van der Waals surface area (Å²) in [6.07, 6.45) is 2.11. The normalized spacial score (nSPS) is 26.4. The molecule has 0 aromatic carbocycles. The molecular formula is C11H20N2O4S2. The molecule has 110 valence electrons. The molecule has 0 N–H and O–H groups in total. The van der Waals surface area contributed by atoms with Crippen LogP contribution in [0.5, 0.6) is 0 Å². The lowest BCUT2D eigenvalue weighted by Crippen LogP contribution is -2.60. The standard InChI is InChI=1S/C11H20N2O4S2/c1-12(2)10(14)5-17-9-4-11(18-6-9)7-13(8-11)19(3,15)16/h9H,4-8H2,1-3H3/t9-/m0/s1. The molecular weight excluding hydrogens is 288 g/mol. The van der Waals surface area contributed by atoms with Crippen LogP contribution in [0.25, 0.3) is 0 Å². The molecule has 0 aromatic heterocycles. The molecule has 0 bridgehead atoms. The van der Waals surface area contributed by atoms with Crippen LogP contribution in [0.3, 0.4) is 0 Å². The first-order valence-electron chi connectivity index (χ1n) is 6.13. The average Bonchev–Trinajstić information content (AvgIpc) is 2.66. The Hall–Kier alpha value is -0.310. The van der Waals surface area contributed by atoms with Gasteiger partial charge in [-0.15, -0.1) is 11.8 Å². The lowest BCUT2D eigenvalue weighted by atomic mass is 9.95. The maximum Gasteiger partial charge on any atom is 0.248 e. The van der Waals surface area contributed by atoms with Crippen molar-refractivity contribution < 1.29 is 17.9 Å². The Kier molecular flexibility index (Phi) is 4.15. The molecule has 2 rings (SSSR count). The van der Waals surface area contributed by atoms with E-state index in [0.29, 0.717) is 13.1 Å². The molecule has 2 aliphatic heterocycles. The molecule has 2 saturated heterocycles. The molecule has 1 atom stereocenters. The van der Waals surface area contributed by atoms with Gasteiger partial charge >= 0.3 is 0 Å². The van der Waals surface area contributed by atoms with Crippen molar-refractivity contribution in [2.45, 2.75) is 17.3 Å². The van der Waals surface area contributed by atoms with E-state index in [4.69, 9.17) is 4.74 Å². The largest absolute Gasteiger partial charge is 0.367 e. The van der Waals surface area contributed by atoms with Crippen molar-refractivity contribution >= 4 is 27.7 Å². The van der Waals surface area contributed by atoms with E-state index < -0.39 is 10.0 Å². The highest BCUT2D eigenvalue weighted by Gasteiger charge is 2.52. The Morgan fingerprint density at radius 1 is 1.47 bits per heavy atom. The van der Waals surface area contributed by atoms with E-state index in [1.54, 1.807) is 25.9 Å². The van der Waals surface area contributed by atoms with E-state index in [2.05, 4.69) is 0 Å². The average molecular weight is 308 g/mol. The Morgan fingerprint density at radius 3 is 2.63 bits per heavy atom. The molecule has 0 radical (unpaired) electrons. The molecule has 0 aliphatic carbocycles. The van der Waals surface area contributed by atoms with Crippen LogP contribution in [0, 0.1) is 0 Å². The zero-order valence-corrected chi connectivity index (χ0v) is 13.1. The van der Waals surface area contributed by atoms with E-state index >= 15 is 0 Å². The fourth-order valence-corrected chi connectivity index (χ4v) is 4.96. The van der Waals surface area contributed by atoms with Crippen LogP contribution >= 0.6 is 11.8 Å². The van der Waals surface area contributed by atoms with Gasteiger partial charge < -0.3 is 9.64 Å². The number of nitrogens with zero attached hydrogens (tertiary/aromatic N) is 2. The van der Waals surface area contributed by atoms with Gasteiger partial charge in [-0.05, 0) is 6.42 Å². The van der Waals surface area contributed by atoms with Crippen molar-refractivity contribution in [3.63, 3.8) is 0 Å². The van der Waals surface area contributed by atoms with Crippen LogP contribution < -0.4 is 0 Å². The molecule has 0 saturated carbocycles. The van der Waals surface area contributed by atoms with Crippen LogP contribution in [-0.4, -0.2) is 80.2 Å². The summed E-state index contributed by atoms with van der Waals surface area (Å²) in [7, 11) is 0.336. The molecule has 6 nitrogen and oxygen atoms in total. The molecule has 1 amide bonds. The summed E-state index contributed by atoms with van der Waals surface area (Å²) in [5, 5.41) is 0. The topological polar surface area (TPSA) is 66.9 Å². The second kappa shape index (κ2) is 5.23. The number of carbonyl (C=O) groups excluding carboxylic acids is 1. The van der Waals surface area contributed by atoms with Gasteiger partial charge in [-0.1, -0.05) is 0 Å². The Morgan fingerprint density at radius 2 is 2.11 bits per heavy atom. The number of hydrogen-bond donors (Lipinski definition) is 0. The van der Waals surface area contributed by atoms with E-state index in [9.17, 15) is 13.2 Å². The van der Waals surface area contributed by atoms with Crippen molar-refractivity contribution in [1.29, 1.82) is 0 Å². The van der Waals surface area contributed by atoms with E-state index in [1.807, 2.05) is 0 Å². The van der Waals surface area contributed by atoms with E-state index in [0.717, 1.165) is 12.2 Å². The third-order valence-electron chi connectivity index (χ3n) is 3.51. The number of hydrogen-bond acceptors (Lipinski definition) is 5. The van der Waals surface area contributed by atoms with Crippen LogP contribution in [0.2, 0.25) is 0 Å². The number of sulfonamides is 1. The molecule has 0 unspecified atom stereocenters. The van der Waals surface area contributed by atoms with Crippen LogP contribution in [0.1, 0.15) is 6.42 Å². The number of rotatable bonds is 4. The first-order valence-corrected chi connectivity index (χ1v) is 8.96. The predicted molar refractivity (Wildman–Crippen MR) is 74.7 cm³/mol. The summed E-state index contributed by atoms with van der Waals surface area (Å²) < 4.78 is 29.8. The molecule has 0 aromatic rings. The third-order valence-corrected chi connectivity index (χ3v) is 6.29. The molecule has 8 heteroatoms. The van der Waals surface area contributed by atoms with Gasteiger partial charge in [0, 0.05) is 37.7 Å². The van der Waals surface area contributed by atoms with Crippen molar-refractivity contribution in [3.8, 4) is 0 Å². The summed E-state index contributed by atoms with van der Waals surface area (Å²) in [5.41, 5.74) is 0. The number of thioether (sulfide) groups is 1. The van der Waals surface area contributed by atoms with Gasteiger partial charge in [-0.2, -0.15) is 4.31 Å². The fourth-order valence-electron chi connectivity index (χ4n) is 2.28. The van der Waals surface area contributed by atoms with Gasteiger partial charge in [-0.25, -0.2) is 8.42 Å². The van der Waals surface area contributed by atoms with Crippen molar-refractivity contribution in [2.24, 2.45) is 0 Å². The summed E-state index contributed by atoms with van der Waals surface area (Å²) in [6.45, 7) is 1.24. The zero-order chi connectivity index (χ0) is 14.3. The summed E-state index contributed by atoms with van der Waals surface area (Å²) in [4.78, 5) is 12.9. The zero-order valence-electron chi connectivity index (χ0n) is 11.5. The first-order chi connectivity index (χ1) is 8.72. The summed E-state index contributed by atoms with van der Waals surface area (Å²) >= 11 is 1.76. The third kappa shape index (κ3) is 3.42. The van der Waals surface area contributed by atoms with E-state index in [-0.39, 0.29) is 23.4 Å². The van der Waals surface area contributed by atoms with Crippen LogP contribution in [0.15, 0.2) is 0 Å². The van der Waals surface area contributed by atoms with E-state index in [1.165, 1.54) is 15.5 Å². The monoisotopic (exact) mass is 308 g/mol. The minimum atomic E-state index is -3.07. The predicted octanol–water partition coefficient (Wildman–Crippen LogP) is -0.389. The van der Waals surface area contributed by atoms with Gasteiger partial charge in [0.15, 0.2) is 0 Å². The molecule has 19 heavy (non-hydrogen) atoms. The number of carbonyl (C=O) groups is 1. The van der Waals surface area contributed by atoms with Gasteiger partial charge in [0.2, 0.25) is 15.9 Å². The number of likely N-dealkylation sites (N-methyl/N-ethyl adjacent to an activating group) is 1.